The Balaban J connectivity index is 1.81. The van der Waals surface area contributed by atoms with Crippen LogP contribution in [0.2, 0.25) is 0 Å². The molecule has 28 heavy (non-hydrogen) atoms. The molecule has 144 valence electrons. The molecule has 4 rings (SSSR count). The van der Waals surface area contributed by atoms with Crippen LogP contribution in [-0.2, 0) is 5.41 Å². The summed E-state index contributed by atoms with van der Waals surface area (Å²) >= 11 is 0. The average Bonchev–Trinajstić information content (AvgIpc) is 3.31. The van der Waals surface area contributed by atoms with E-state index in [0.717, 1.165) is 23.4 Å². The summed E-state index contributed by atoms with van der Waals surface area (Å²) in [4.78, 5) is 24.3. The lowest BCUT2D eigenvalue weighted by molar-refractivity contribution is 0.0747. The van der Waals surface area contributed by atoms with Crippen LogP contribution in [0.3, 0.4) is 0 Å². The summed E-state index contributed by atoms with van der Waals surface area (Å²) < 4.78 is 2.01. The van der Waals surface area contributed by atoms with Crippen molar-refractivity contribution in [3.63, 3.8) is 0 Å². The van der Waals surface area contributed by atoms with Crippen LogP contribution in [0.15, 0.2) is 54.9 Å². The van der Waals surface area contributed by atoms with E-state index < -0.39 is 0 Å². The van der Waals surface area contributed by atoms with Crippen LogP contribution in [0.5, 0.6) is 0 Å². The number of carbonyl (C=O) groups excluding carboxylic acids is 1. The number of fused-ring (bicyclic) bond motifs is 1. The molecule has 0 radical (unpaired) electrons. The Morgan fingerprint density at radius 2 is 2.07 bits per heavy atom. The number of nitrogens with zero attached hydrogens (tertiary/aromatic N) is 4. The maximum absolute atomic E-state index is 13.1. The van der Waals surface area contributed by atoms with Crippen molar-refractivity contribution in [2.45, 2.75) is 45.6 Å². The minimum absolute atomic E-state index is 0.0722. The first kappa shape index (κ1) is 18.4. The van der Waals surface area contributed by atoms with Gasteiger partial charge in [0.15, 0.2) is 0 Å². The molecule has 1 aliphatic heterocycles. The van der Waals surface area contributed by atoms with E-state index in [1.54, 1.807) is 6.20 Å². The van der Waals surface area contributed by atoms with Gasteiger partial charge in [-0.05, 0) is 24.6 Å². The summed E-state index contributed by atoms with van der Waals surface area (Å²) in [6.07, 6.45) is 8.85. The minimum Gasteiger partial charge on any atom is -0.329 e. The van der Waals surface area contributed by atoms with E-state index in [2.05, 4.69) is 44.8 Å². The van der Waals surface area contributed by atoms with Gasteiger partial charge in [-0.1, -0.05) is 52.0 Å². The number of benzene rings is 1. The SMILES string of the molecule is CC[C@H]1C=CCN1C(=O)c1cccc(-c2c(C(C)(C)C)nc3ncccn23)c1. The third-order valence-electron chi connectivity index (χ3n) is 5.24. The van der Waals surface area contributed by atoms with Crippen molar-refractivity contribution >= 4 is 11.7 Å². The predicted molar refractivity (Wildman–Crippen MR) is 111 cm³/mol. The Labute approximate surface area is 165 Å². The van der Waals surface area contributed by atoms with Crippen molar-refractivity contribution in [2.24, 2.45) is 0 Å². The third-order valence-corrected chi connectivity index (χ3v) is 5.24. The molecule has 5 heteroatoms. The van der Waals surface area contributed by atoms with Gasteiger partial charge in [-0.2, -0.15) is 0 Å². The molecule has 2 aromatic heterocycles. The van der Waals surface area contributed by atoms with Gasteiger partial charge in [0.25, 0.3) is 5.91 Å². The molecule has 1 aromatic carbocycles. The van der Waals surface area contributed by atoms with Crippen LogP contribution in [0.25, 0.3) is 17.0 Å². The number of rotatable bonds is 3. The number of aromatic nitrogens is 3. The van der Waals surface area contributed by atoms with Crippen molar-refractivity contribution in [2.75, 3.05) is 6.54 Å². The van der Waals surface area contributed by atoms with E-state index in [9.17, 15) is 4.79 Å². The second-order valence-corrected chi connectivity index (χ2v) is 8.29. The summed E-state index contributed by atoms with van der Waals surface area (Å²) in [6, 6.07) is 9.97. The molecule has 0 unspecified atom stereocenters. The Morgan fingerprint density at radius 1 is 1.25 bits per heavy atom. The molecule has 0 saturated carbocycles. The summed E-state index contributed by atoms with van der Waals surface area (Å²) in [6.45, 7) is 9.23. The van der Waals surface area contributed by atoms with E-state index in [1.807, 2.05) is 45.8 Å². The van der Waals surface area contributed by atoms with Crippen molar-refractivity contribution in [1.82, 2.24) is 19.3 Å². The molecule has 1 aliphatic rings. The summed E-state index contributed by atoms with van der Waals surface area (Å²) in [5, 5.41) is 0. The minimum atomic E-state index is -0.144. The zero-order chi connectivity index (χ0) is 19.9. The predicted octanol–water partition coefficient (Wildman–Crippen LogP) is 4.48. The fraction of sp³-hybridized carbons (Fsp3) is 0.348. The Kier molecular flexibility index (Phi) is 4.53. The van der Waals surface area contributed by atoms with Gasteiger partial charge < -0.3 is 4.90 Å². The smallest absolute Gasteiger partial charge is 0.254 e. The fourth-order valence-corrected chi connectivity index (χ4v) is 3.81. The molecular formula is C23H26N4O. The van der Waals surface area contributed by atoms with Crippen LogP contribution in [0, 0.1) is 0 Å². The second kappa shape index (κ2) is 6.89. The number of carbonyl (C=O) groups is 1. The highest BCUT2D eigenvalue weighted by atomic mass is 16.2. The van der Waals surface area contributed by atoms with Gasteiger partial charge in [0, 0.05) is 35.5 Å². The topological polar surface area (TPSA) is 50.5 Å². The highest BCUT2D eigenvalue weighted by Crippen LogP contribution is 2.33. The van der Waals surface area contributed by atoms with Crippen molar-refractivity contribution in [3.8, 4) is 11.3 Å². The standard InChI is InChI=1S/C23H26N4O/c1-5-18-11-7-13-26(18)21(28)17-10-6-9-16(15-17)19-20(23(2,3)4)25-22-24-12-8-14-27(19)22/h6-12,14-15,18H,5,13H2,1-4H3/t18-/m0/s1. The Hall–Kier alpha value is -2.95. The molecule has 0 fully saturated rings. The lowest BCUT2D eigenvalue weighted by atomic mass is 9.88. The summed E-state index contributed by atoms with van der Waals surface area (Å²) in [5.74, 6) is 0.747. The molecule has 3 aromatic rings. The maximum atomic E-state index is 13.1. The van der Waals surface area contributed by atoms with Crippen LogP contribution >= 0.6 is 0 Å². The van der Waals surface area contributed by atoms with Gasteiger partial charge in [0.2, 0.25) is 5.78 Å². The Bertz CT molecular complexity index is 1060. The van der Waals surface area contributed by atoms with Crippen molar-refractivity contribution < 1.29 is 4.79 Å². The lowest BCUT2D eigenvalue weighted by Crippen LogP contribution is -2.35. The molecule has 1 amide bonds. The van der Waals surface area contributed by atoms with Gasteiger partial charge in [-0.25, -0.2) is 9.97 Å². The third kappa shape index (κ3) is 3.11. The molecule has 1 atom stereocenters. The number of hydrogen-bond acceptors (Lipinski definition) is 3. The van der Waals surface area contributed by atoms with Gasteiger partial charge in [-0.15, -0.1) is 0 Å². The van der Waals surface area contributed by atoms with Crippen molar-refractivity contribution in [1.29, 1.82) is 0 Å². The second-order valence-electron chi connectivity index (χ2n) is 8.29. The molecule has 0 saturated heterocycles. The zero-order valence-electron chi connectivity index (χ0n) is 16.9. The van der Waals surface area contributed by atoms with E-state index in [-0.39, 0.29) is 17.4 Å². The zero-order valence-corrected chi connectivity index (χ0v) is 16.9. The highest BCUT2D eigenvalue weighted by Gasteiger charge is 2.27. The van der Waals surface area contributed by atoms with Crippen LogP contribution < -0.4 is 0 Å². The van der Waals surface area contributed by atoms with Crippen LogP contribution in [-0.4, -0.2) is 37.8 Å². The molecular weight excluding hydrogens is 348 g/mol. The summed E-state index contributed by atoms with van der Waals surface area (Å²) in [5.41, 5.74) is 3.52. The molecule has 3 heterocycles. The quantitative estimate of drug-likeness (QED) is 0.635. The number of amides is 1. The normalized spacial score (nSPS) is 16.9. The van der Waals surface area contributed by atoms with E-state index in [4.69, 9.17) is 4.98 Å². The first-order valence-corrected chi connectivity index (χ1v) is 9.81. The molecule has 0 bridgehead atoms. The number of hydrogen-bond donors (Lipinski definition) is 0. The lowest BCUT2D eigenvalue weighted by Gasteiger charge is -2.24. The molecule has 0 spiro atoms. The Morgan fingerprint density at radius 3 is 2.82 bits per heavy atom. The van der Waals surface area contributed by atoms with E-state index >= 15 is 0 Å². The average molecular weight is 374 g/mol. The highest BCUT2D eigenvalue weighted by molar-refractivity contribution is 5.96. The summed E-state index contributed by atoms with van der Waals surface area (Å²) in [7, 11) is 0. The number of imidazole rings is 1. The van der Waals surface area contributed by atoms with Gasteiger partial charge in [0.1, 0.15) is 0 Å². The fourth-order valence-electron chi connectivity index (χ4n) is 3.81. The monoisotopic (exact) mass is 374 g/mol. The first-order valence-electron chi connectivity index (χ1n) is 9.81. The van der Waals surface area contributed by atoms with Gasteiger partial charge in [0.05, 0.1) is 17.4 Å². The van der Waals surface area contributed by atoms with Crippen LogP contribution in [0.1, 0.15) is 50.2 Å². The molecule has 0 aliphatic carbocycles. The van der Waals surface area contributed by atoms with Crippen LogP contribution in [0.4, 0.5) is 0 Å². The van der Waals surface area contributed by atoms with Gasteiger partial charge in [-0.3, -0.25) is 9.20 Å². The van der Waals surface area contributed by atoms with Crippen molar-refractivity contribution in [3.05, 3.63) is 66.1 Å². The van der Waals surface area contributed by atoms with E-state index in [0.29, 0.717) is 17.9 Å². The van der Waals surface area contributed by atoms with Gasteiger partial charge >= 0.3 is 0 Å². The molecule has 5 nitrogen and oxygen atoms in total. The largest absolute Gasteiger partial charge is 0.329 e. The first-order chi connectivity index (χ1) is 13.4. The molecule has 0 N–H and O–H groups in total. The van der Waals surface area contributed by atoms with E-state index in [1.165, 1.54) is 0 Å². The maximum Gasteiger partial charge on any atom is 0.254 e.